The van der Waals surface area contributed by atoms with Gasteiger partial charge in [0.15, 0.2) is 0 Å². The summed E-state index contributed by atoms with van der Waals surface area (Å²) in [7, 11) is -1.47. The van der Waals surface area contributed by atoms with Gasteiger partial charge < -0.3 is 29.2 Å². The molecule has 0 radical (unpaired) electrons. The average molecular weight is 580 g/mol. The molecule has 0 saturated carbocycles. The molecule has 10 nitrogen and oxygen atoms in total. The third-order valence-corrected chi connectivity index (χ3v) is 7.90. The Morgan fingerprint density at radius 2 is 1.50 bits per heavy atom. The molecule has 2 aliphatic rings. The normalized spacial score (nSPS) is 21.5. The van der Waals surface area contributed by atoms with E-state index < -0.39 is 48.4 Å². The Bertz CT molecular complexity index is 1210. The van der Waals surface area contributed by atoms with Gasteiger partial charge in [-0.25, -0.2) is 14.4 Å². The molecule has 3 atom stereocenters. The zero-order chi connectivity index (χ0) is 30.3. The number of hydrogen-bond donors (Lipinski definition) is 2. The molecule has 2 aromatic carbocycles. The number of fused-ring (bicyclic) bond motifs is 1. The number of carbonyl (C=O) groups excluding carboxylic acids is 3. The maximum Gasteiger partial charge on any atom is 0.451 e. The number of likely N-dealkylation sites (tertiary alicyclic amines) is 2. The molecule has 0 aromatic heterocycles. The highest BCUT2D eigenvalue weighted by Crippen LogP contribution is 2.48. The van der Waals surface area contributed by atoms with Crippen molar-refractivity contribution < 1.29 is 38.6 Å². The molecule has 2 aliphatic heterocycles. The summed E-state index contributed by atoms with van der Waals surface area (Å²) in [6.07, 6.45) is 0.501. The molecule has 42 heavy (non-hydrogen) atoms. The van der Waals surface area contributed by atoms with E-state index in [4.69, 9.17) is 14.2 Å². The molecule has 2 fully saturated rings. The van der Waals surface area contributed by atoms with Gasteiger partial charge in [0.1, 0.15) is 24.4 Å². The molecule has 2 aromatic rings. The number of hydrogen-bond acceptors (Lipinski definition) is 8. The topological polar surface area (TPSA) is 126 Å². The Labute approximate surface area is 247 Å². The van der Waals surface area contributed by atoms with Crippen LogP contribution in [0.4, 0.5) is 9.59 Å². The Morgan fingerprint density at radius 1 is 0.905 bits per heavy atom. The van der Waals surface area contributed by atoms with Crippen LogP contribution < -0.4 is 0 Å². The summed E-state index contributed by atoms with van der Waals surface area (Å²) in [6, 6.07) is 18.1. The Hall–Kier alpha value is -3.57. The minimum Gasteiger partial charge on any atom is -0.459 e. The standard InChI is InChI=1S/C31H41BN2O8/c1-30(2,3)42-28(36)33-19-16-25-26(33)20-34(29(37)41-22-24-14-8-5-9-15-24)31(25,17-10-11-18-32(38)39)27(35)40-21-23-12-6-4-7-13-23/h4-9,12-15,25-26,38-39H,10-11,16-22H2,1-3H3/t25-,26-,31+/m0/s1. The fraction of sp³-hybridized carbons (Fsp3) is 0.516. The van der Waals surface area contributed by atoms with Crippen molar-refractivity contribution >= 4 is 25.3 Å². The molecular weight excluding hydrogens is 539 g/mol. The number of unbranched alkanes of at least 4 members (excludes halogenated alkanes) is 1. The van der Waals surface area contributed by atoms with Gasteiger partial charge in [-0.2, -0.15) is 0 Å². The number of ether oxygens (including phenoxy) is 3. The van der Waals surface area contributed by atoms with E-state index in [0.29, 0.717) is 25.8 Å². The lowest BCUT2D eigenvalue weighted by atomic mass is 9.76. The second kappa shape index (κ2) is 13.6. The zero-order valence-corrected chi connectivity index (χ0v) is 24.6. The largest absolute Gasteiger partial charge is 0.459 e. The van der Waals surface area contributed by atoms with Crippen LogP contribution in [-0.4, -0.2) is 75.4 Å². The molecule has 2 amide bonds. The van der Waals surface area contributed by atoms with Gasteiger partial charge in [-0.1, -0.05) is 73.5 Å². The van der Waals surface area contributed by atoms with Crippen LogP contribution in [0.2, 0.25) is 6.32 Å². The zero-order valence-electron chi connectivity index (χ0n) is 24.6. The maximum atomic E-state index is 14.2. The Morgan fingerprint density at radius 3 is 2.07 bits per heavy atom. The summed E-state index contributed by atoms with van der Waals surface area (Å²) in [6.45, 7) is 5.88. The van der Waals surface area contributed by atoms with Crippen molar-refractivity contribution in [3.63, 3.8) is 0 Å². The van der Waals surface area contributed by atoms with Gasteiger partial charge in [-0.15, -0.1) is 0 Å². The molecule has 2 N–H and O–H groups in total. The molecule has 11 heteroatoms. The number of nitrogens with zero attached hydrogens (tertiary/aromatic N) is 2. The molecule has 0 aliphatic carbocycles. The molecular formula is C31H41BN2O8. The van der Waals surface area contributed by atoms with Crippen LogP contribution in [0.15, 0.2) is 60.7 Å². The van der Waals surface area contributed by atoms with Crippen molar-refractivity contribution in [3.05, 3.63) is 71.8 Å². The van der Waals surface area contributed by atoms with Crippen molar-refractivity contribution in [3.8, 4) is 0 Å². The van der Waals surface area contributed by atoms with Crippen LogP contribution >= 0.6 is 0 Å². The van der Waals surface area contributed by atoms with E-state index in [-0.39, 0.29) is 32.5 Å². The van der Waals surface area contributed by atoms with E-state index in [0.717, 1.165) is 11.1 Å². The molecule has 0 spiro atoms. The summed E-state index contributed by atoms with van der Waals surface area (Å²) >= 11 is 0. The van der Waals surface area contributed by atoms with E-state index in [1.165, 1.54) is 4.90 Å². The fourth-order valence-corrected chi connectivity index (χ4v) is 6.02. The second-order valence-corrected chi connectivity index (χ2v) is 12.0. The molecule has 226 valence electrons. The summed E-state index contributed by atoms with van der Waals surface area (Å²) in [5.41, 5.74) is -0.516. The van der Waals surface area contributed by atoms with E-state index >= 15 is 0 Å². The summed E-state index contributed by atoms with van der Waals surface area (Å²) < 4.78 is 17.3. The third-order valence-electron chi connectivity index (χ3n) is 7.90. The van der Waals surface area contributed by atoms with Gasteiger partial charge in [-0.05, 0) is 51.1 Å². The van der Waals surface area contributed by atoms with Crippen molar-refractivity contribution in [1.29, 1.82) is 0 Å². The van der Waals surface area contributed by atoms with Crippen LogP contribution in [0, 0.1) is 5.92 Å². The Balaban J connectivity index is 1.65. The van der Waals surface area contributed by atoms with Crippen LogP contribution in [-0.2, 0) is 32.2 Å². The second-order valence-electron chi connectivity index (χ2n) is 12.0. The molecule has 4 rings (SSSR count). The summed E-state index contributed by atoms with van der Waals surface area (Å²) in [4.78, 5) is 44.2. The SMILES string of the molecule is CC(C)(C)OC(=O)N1CC[C@H]2[C@@H]1CN(C(=O)OCc1ccccc1)[C@@]2(CCCCB(O)O)C(=O)OCc1ccccc1. The first kappa shape index (κ1) is 31.4. The van der Waals surface area contributed by atoms with Crippen LogP contribution in [0.25, 0.3) is 0 Å². The van der Waals surface area contributed by atoms with Crippen LogP contribution in [0.5, 0.6) is 0 Å². The van der Waals surface area contributed by atoms with Crippen LogP contribution in [0.3, 0.4) is 0 Å². The fourth-order valence-electron chi connectivity index (χ4n) is 6.02. The quantitative estimate of drug-likeness (QED) is 0.184. The van der Waals surface area contributed by atoms with Gasteiger partial charge in [0.2, 0.25) is 0 Å². The monoisotopic (exact) mass is 580 g/mol. The van der Waals surface area contributed by atoms with Gasteiger partial charge in [0.25, 0.3) is 0 Å². The minimum absolute atomic E-state index is 0.0210. The van der Waals surface area contributed by atoms with E-state index in [9.17, 15) is 24.4 Å². The van der Waals surface area contributed by atoms with Gasteiger partial charge in [0.05, 0.1) is 6.04 Å². The van der Waals surface area contributed by atoms with Gasteiger partial charge in [-0.3, -0.25) is 4.90 Å². The first-order chi connectivity index (χ1) is 20.0. The lowest BCUT2D eigenvalue weighted by Gasteiger charge is -2.39. The van der Waals surface area contributed by atoms with E-state index in [1.807, 2.05) is 60.7 Å². The van der Waals surface area contributed by atoms with E-state index in [2.05, 4.69) is 0 Å². The van der Waals surface area contributed by atoms with Gasteiger partial charge in [0, 0.05) is 19.0 Å². The van der Waals surface area contributed by atoms with E-state index in [1.54, 1.807) is 25.7 Å². The average Bonchev–Trinajstić information content (AvgIpc) is 3.52. The highest BCUT2D eigenvalue weighted by Gasteiger charge is 2.65. The van der Waals surface area contributed by atoms with Gasteiger partial charge >= 0.3 is 25.3 Å². The number of esters is 1. The lowest BCUT2D eigenvalue weighted by molar-refractivity contribution is -0.160. The van der Waals surface area contributed by atoms with Crippen molar-refractivity contribution in [2.24, 2.45) is 5.92 Å². The lowest BCUT2D eigenvalue weighted by Crippen LogP contribution is -2.57. The first-order valence-corrected chi connectivity index (χ1v) is 14.6. The Kier molecular flexibility index (Phi) is 10.2. The maximum absolute atomic E-state index is 14.2. The smallest absolute Gasteiger partial charge is 0.451 e. The molecule has 0 bridgehead atoms. The highest BCUT2D eigenvalue weighted by molar-refractivity contribution is 6.40. The number of benzene rings is 2. The first-order valence-electron chi connectivity index (χ1n) is 14.6. The number of carbonyl (C=O) groups is 3. The minimum atomic E-state index is -1.47. The summed E-state index contributed by atoms with van der Waals surface area (Å²) in [5, 5.41) is 18.8. The molecule has 2 heterocycles. The van der Waals surface area contributed by atoms with Crippen LogP contribution in [0.1, 0.15) is 57.6 Å². The predicted molar refractivity (Wildman–Crippen MR) is 156 cm³/mol. The molecule has 2 saturated heterocycles. The number of amides is 2. The van der Waals surface area contributed by atoms with Crippen molar-refractivity contribution in [2.45, 2.75) is 83.2 Å². The van der Waals surface area contributed by atoms with Crippen molar-refractivity contribution in [1.82, 2.24) is 9.80 Å². The highest BCUT2D eigenvalue weighted by atomic mass is 16.6. The summed E-state index contributed by atoms with van der Waals surface area (Å²) in [5.74, 6) is -0.984. The predicted octanol–water partition coefficient (Wildman–Crippen LogP) is 4.39. The molecule has 0 unspecified atom stereocenters. The van der Waals surface area contributed by atoms with Crippen molar-refractivity contribution in [2.75, 3.05) is 13.1 Å². The third kappa shape index (κ3) is 7.44. The number of rotatable bonds is 10.